The Kier molecular flexibility index (Phi) is 2.72. The van der Waals surface area contributed by atoms with Crippen LogP contribution in [0.25, 0.3) is 16.9 Å². The van der Waals surface area contributed by atoms with Crippen LogP contribution in [-0.4, -0.2) is 20.5 Å². The highest BCUT2D eigenvalue weighted by molar-refractivity contribution is 6.30. The molecule has 4 nitrogen and oxygen atoms in total. The standard InChI is InChI=1S/C14H9ClN2O2/c15-11-5-6-17-8-12(16-13(17)7-11)9-1-3-10(4-2-9)14(18)19/h1-8H,(H,18,19). The molecule has 1 N–H and O–H groups in total. The Hall–Kier alpha value is -2.33. The SMILES string of the molecule is O=C(O)c1ccc(-c2cn3ccc(Cl)cc3n2)cc1. The highest BCUT2D eigenvalue weighted by atomic mass is 35.5. The number of carbonyl (C=O) groups is 1. The zero-order valence-electron chi connectivity index (χ0n) is 9.75. The van der Waals surface area contributed by atoms with E-state index >= 15 is 0 Å². The van der Waals surface area contributed by atoms with E-state index in [1.807, 2.05) is 16.8 Å². The van der Waals surface area contributed by atoms with Crippen molar-refractivity contribution in [1.29, 1.82) is 0 Å². The van der Waals surface area contributed by atoms with Gasteiger partial charge in [-0.2, -0.15) is 0 Å². The summed E-state index contributed by atoms with van der Waals surface area (Å²) in [7, 11) is 0. The number of imidazole rings is 1. The van der Waals surface area contributed by atoms with Crippen molar-refractivity contribution in [2.24, 2.45) is 0 Å². The Balaban J connectivity index is 2.06. The molecule has 1 aromatic carbocycles. The zero-order valence-corrected chi connectivity index (χ0v) is 10.5. The van der Waals surface area contributed by atoms with Crippen LogP contribution in [-0.2, 0) is 0 Å². The van der Waals surface area contributed by atoms with Crippen molar-refractivity contribution in [1.82, 2.24) is 9.38 Å². The van der Waals surface area contributed by atoms with Crippen LogP contribution in [0.3, 0.4) is 0 Å². The average Bonchev–Trinajstić information content (AvgIpc) is 2.81. The Morgan fingerprint density at radius 3 is 2.63 bits per heavy atom. The first-order valence-electron chi connectivity index (χ1n) is 5.61. The van der Waals surface area contributed by atoms with E-state index in [1.54, 1.807) is 36.4 Å². The Bertz CT molecular complexity index is 763. The van der Waals surface area contributed by atoms with E-state index < -0.39 is 5.97 Å². The van der Waals surface area contributed by atoms with Gasteiger partial charge >= 0.3 is 5.97 Å². The predicted molar refractivity (Wildman–Crippen MR) is 72.6 cm³/mol. The number of halogens is 1. The van der Waals surface area contributed by atoms with Crippen molar-refractivity contribution < 1.29 is 9.90 Å². The molecule has 0 atom stereocenters. The molecule has 2 aromatic heterocycles. The van der Waals surface area contributed by atoms with E-state index in [0.29, 0.717) is 5.02 Å². The van der Waals surface area contributed by atoms with Crippen molar-refractivity contribution in [2.75, 3.05) is 0 Å². The second-order valence-electron chi connectivity index (χ2n) is 4.12. The maximum Gasteiger partial charge on any atom is 0.335 e. The first-order chi connectivity index (χ1) is 9.13. The van der Waals surface area contributed by atoms with Gasteiger partial charge in [-0.15, -0.1) is 0 Å². The van der Waals surface area contributed by atoms with Gasteiger partial charge in [-0.05, 0) is 18.2 Å². The van der Waals surface area contributed by atoms with Crippen LogP contribution in [0.15, 0.2) is 48.8 Å². The number of aromatic carboxylic acids is 1. The summed E-state index contributed by atoms with van der Waals surface area (Å²) in [4.78, 5) is 15.2. The van der Waals surface area contributed by atoms with Crippen molar-refractivity contribution in [3.05, 3.63) is 59.4 Å². The van der Waals surface area contributed by atoms with Crippen molar-refractivity contribution in [3.63, 3.8) is 0 Å². The molecule has 0 saturated carbocycles. The van der Waals surface area contributed by atoms with Gasteiger partial charge in [0, 0.05) is 29.0 Å². The fraction of sp³-hybridized carbons (Fsp3) is 0. The van der Waals surface area contributed by atoms with Crippen LogP contribution in [0.5, 0.6) is 0 Å². The molecule has 0 aliphatic heterocycles. The number of nitrogens with zero attached hydrogens (tertiary/aromatic N) is 2. The summed E-state index contributed by atoms with van der Waals surface area (Å²) in [5, 5.41) is 9.49. The average molecular weight is 273 g/mol. The number of rotatable bonds is 2. The molecule has 0 amide bonds. The minimum atomic E-state index is -0.937. The molecule has 0 aliphatic carbocycles. The van der Waals surface area contributed by atoms with Crippen LogP contribution in [0, 0.1) is 0 Å². The number of benzene rings is 1. The summed E-state index contributed by atoms with van der Waals surface area (Å²) in [5.74, 6) is -0.937. The predicted octanol–water partition coefficient (Wildman–Crippen LogP) is 3.35. The molecular formula is C14H9ClN2O2. The smallest absolute Gasteiger partial charge is 0.335 e. The lowest BCUT2D eigenvalue weighted by Gasteiger charge is -1.97. The van der Waals surface area contributed by atoms with Crippen LogP contribution < -0.4 is 0 Å². The van der Waals surface area contributed by atoms with E-state index in [2.05, 4.69) is 4.98 Å². The quantitative estimate of drug-likeness (QED) is 0.778. The van der Waals surface area contributed by atoms with Gasteiger partial charge < -0.3 is 9.51 Å². The van der Waals surface area contributed by atoms with Gasteiger partial charge in [0.25, 0.3) is 0 Å². The second kappa shape index (κ2) is 4.40. The topological polar surface area (TPSA) is 54.6 Å². The molecule has 3 aromatic rings. The first-order valence-corrected chi connectivity index (χ1v) is 5.99. The second-order valence-corrected chi connectivity index (χ2v) is 4.56. The molecule has 0 bridgehead atoms. The maximum absolute atomic E-state index is 10.8. The van der Waals surface area contributed by atoms with Gasteiger partial charge in [0.2, 0.25) is 0 Å². The zero-order chi connectivity index (χ0) is 13.4. The molecule has 19 heavy (non-hydrogen) atoms. The third-order valence-electron chi connectivity index (χ3n) is 2.85. The maximum atomic E-state index is 10.8. The number of carboxylic acid groups (broad SMARTS) is 1. The summed E-state index contributed by atoms with van der Waals surface area (Å²) < 4.78 is 1.87. The number of carboxylic acids is 1. The lowest BCUT2D eigenvalue weighted by Crippen LogP contribution is -1.94. The summed E-state index contributed by atoms with van der Waals surface area (Å²) >= 11 is 5.91. The highest BCUT2D eigenvalue weighted by Gasteiger charge is 2.06. The number of hydrogen-bond donors (Lipinski definition) is 1. The summed E-state index contributed by atoms with van der Waals surface area (Å²) in [6.45, 7) is 0. The van der Waals surface area contributed by atoms with Gasteiger partial charge in [0.15, 0.2) is 0 Å². The Labute approximate surface area is 113 Å². The van der Waals surface area contributed by atoms with Crippen molar-refractivity contribution >= 4 is 23.2 Å². The monoisotopic (exact) mass is 272 g/mol. The third kappa shape index (κ3) is 2.18. The molecule has 94 valence electrons. The number of aromatic nitrogens is 2. The summed E-state index contributed by atoms with van der Waals surface area (Å²) in [6, 6.07) is 10.2. The minimum absolute atomic E-state index is 0.260. The van der Waals surface area contributed by atoms with Crippen molar-refractivity contribution in [2.45, 2.75) is 0 Å². The summed E-state index contributed by atoms with van der Waals surface area (Å²) in [5.41, 5.74) is 2.66. The van der Waals surface area contributed by atoms with Gasteiger partial charge in [-0.25, -0.2) is 9.78 Å². The van der Waals surface area contributed by atoms with Gasteiger partial charge in [-0.1, -0.05) is 23.7 Å². The van der Waals surface area contributed by atoms with Crippen LogP contribution >= 0.6 is 11.6 Å². The molecule has 0 unspecified atom stereocenters. The molecule has 5 heteroatoms. The molecule has 3 rings (SSSR count). The van der Waals surface area contributed by atoms with E-state index in [9.17, 15) is 4.79 Å². The lowest BCUT2D eigenvalue weighted by molar-refractivity contribution is 0.0697. The van der Waals surface area contributed by atoms with Gasteiger partial charge in [0.05, 0.1) is 11.3 Å². The number of fused-ring (bicyclic) bond motifs is 1. The Morgan fingerprint density at radius 1 is 1.21 bits per heavy atom. The van der Waals surface area contributed by atoms with E-state index in [1.165, 1.54) is 0 Å². The third-order valence-corrected chi connectivity index (χ3v) is 3.08. The molecule has 0 radical (unpaired) electrons. The van der Waals surface area contributed by atoms with E-state index in [0.717, 1.165) is 16.9 Å². The number of hydrogen-bond acceptors (Lipinski definition) is 2. The first kappa shape index (κ1) is 11.7. The largest absolute Gasteiger partial charge is 0.478 e. The number of pyridine rings is 1. The molecule has 0 fully saturated rings. The van der Waals surface area contributed by atoms with E-state index in [-0.39, 0.29) is 5.56 Å². The minimum Gasteiger partial charge on any atom is -0.478 e. The highest BCUT2D eigenvalue weighted by Crippen LogP contribution is 2.21. The van der Waals surface area contributed by atoms with Gasteiger partial charge in [0.1, 0.15) is 5.65 Å². The molecule has 0 saturated heterocycles. The van der Waals surface area contributed by atoms with Crippen LogP contribution in [0.4, 0.5) is 0 Å². The van der Waals surface area contributed by atoms with Crippen LogP contribution in [0.2, 0.25) is 5.02 Å². The molecule has 2 heterocycles. The Morgan fingerprint density at radius 2 is 1.95 bits per heavy atom. The summed E-state index contributed by atoms with van der Waals surface area (Å²) in [6.07, 6.45) is 3.71. The molecular weight excluding hydrogens is 264 g/mol. The fourth-order valence-corrected chi connectivity index (χ4v) is 2.03. The normalized spacial score (nSPS) is 10.8. The van der Waals surface area contributed by atoms with E-state index in [4.69, 9.17) is 16.7 Å². The van der Waals surface area contributed by atoms with Crippen LogP contribution in [0.1, 0.15) is 10.4 Å². The van der Waals surface area contributed by atoms with Crippen molar-refractivity contribution in [3.8, 4) is 11.3 Å². The lowest BCUT2D eigenvalue weighted by atomic mass is 10.1. The molecule has 0 spiro atoms. The van der Waals surface area contributed by atoms with Gasteiger partial charge in [-0.3, -0.25) is 0 Å². The fourth-order valence-electron chi connectivity index (χ4n) is 1.88. The molecule has 0 aliphatic rings.